The fourth-order valence-electron chi connectivity index (χ4n) is 3.25. The number of guanidine groups is 1. The minimum atomic E-state index is -0.115. The van der Waals surface area contributed by atoms with Crippen molar-refractivity contribution in [1.82, 2.24) is 25.3 Å². The average molecular weight is 371 g/mol. The van der Waals surface area contributed by atoms with Crippen LogP contribution in [-0.4, -0.2) is 52.0 Å². The second kappa shape index (κ2) is 9.53. The van der Waals surface area contributed by atoms with Crippen LogP contribution in [0.1, 0.15) is 29.7 Å². The normalized spacial score (nSPS) is 16.5. The highest BCUT2D eigenvalue weighted by molar-refractivity contribution is 5.79. The van der Waals surface area contributed by atoms with Crippen molar-refractivity contribution in [2.75, 3.05) is 20.1 Å². The number of aliphatic imine (C=N–C) groups is 1. The Morgan fingerprint density at radius 1 is 1.11 bits per heavy atom. The highest BCUT2D eigenvalue weighted by atomic mass is 16.3. The average Bonchev–Trinajstić information content (AvgIpc) is 3.10. The van der Waals surface area contributed by atoms with Crippen LogP contribution in [0.3, 0.4) is 0 Å². The van der Waals surface area contributed by atoms with Gasteiger partial charge in [-0.1, -0.05) is 24.3 Å². The molecule has 1 fully saturated rings. The van der Waals surface area contributed by atoms with Gasteiger partial charge < -0.3 is 15.7 Å². The molecule has 1 aliphatic heterocycles. The first-order valence-corrected chi connectivity index (χ1v) is 9.53. The molecule has 2 aromatic rings. The van der Waals surface area contributed by atoms with Crippen molar-refractivity contribution in [3.05, 3.63) is 53.3 Å². The molecule has 0 bridgehead atoms. The molecule has 2 heterocycles. The van der Waals surface area contributed by atoms with E-state index < -0.39 is 0 Å². The van der Waals surface area contributed by atoms with Crippen molar-refractivity contribution in [1.29, 1.82) is 0 Å². The first kappa shape index (κ1) is 19.4. The van der Waals surface area contributed by atoms with Crippen molar-refractivity contribution >= 4 is 5.96 Å². The molecule has 1 aliphatic rings. The van der Waals surface area contributed by atoms with Crippen LogP contribution in [0.2, 0.25) is 0 Å². The molecule has 146 valence electrons. The number of aryl methyl sites for hydroxylation is 1. The van der Waals surface area contributed by atoms with Gasteiger partial charge in [-0.25, -0.2) is 0 Å². The van der Waals surface area contributed by atoms with Crippen LogP contribution in [-0.2, 0) is 26.7 Å². The lowest BCUT2D eigenvalue weighted by atomic mass is 10.1. The molecule has 0 radical (unpaired) electrons. The van der Waals surface area contributed by atoms with E-state index in [9.17, 15) is 5.11 Å². The highest BCUT2D eigenvalue weighted by Crippen LogP contribution is 2.14. The van der Waals surface area contributed by atoms with Crippen molar-refractivity contribution in [2.45, 2.75) is 38.6 Å². The van der Waals surface area contributed by atoms with Crippen LogP contribution < -0.4 is 10.6 Å². The number of hydrogen-bond donors (Lipinski definition) is 3. The summed E-state index contributed by atoms with van der Waals surface area (Å²) in [5.74, 6) is 0.771. The lowest BCUT2D eigenvalue weighted by Gasteiger charge is -2.29. The third-order valence-corrected chi connectivity index (χ3v) is 5.03. The van der Waals surface area contributed by atoms with E-state index in [0.717, 1.165) is 50.7 Å². The number of likely N-dealkylation sites (tertiary alicyclic amines) is 1. The molecule has 1 aromatic heterocycles. The molecule has 1 saturated heterocycles. The maximum absolute atomic E-state index is 9.61. The Hall–Kier alpha value is -2.38. The van der Waals surface area contributed by atoms with Crippen molar-refractivity contribution < 1.29 is 5.11 Å². The van der Waals surface area contributed by atoms with E-state index in [-0.39, 0.29) is 6.10 Å². The van der Waals surface area contributed by atoms with Crippen LogP contribution in [0, 0.1) is 0 Å². The van der Waals surface area contributed by atoms with Gasteiger partial charge in [-0.15, -0.1) is 0 Å². The van der Waals surface area contributed by atoms with E-state index in [1.54, 1.807) is 13.2 Å². The van der Waals surface area contributed by atoms with Crippen molar-refractivity contribution in [3.63, 3.8) is 0 Å². The SMILES string of the molecule is CN=C(NCc1ccc(CN2CCC(O)CC2)cc1)NCc1ccnn1C. The molecule has 27 heavy (non-hydrogen) atoms. The molecular weight excluding hydrogens is 340 g/mol. The first-order valence-electron chi connectivity index (χ1n) is 9.53. The van der Waals surface area contributed by atoms with E-state index >= 15 is 0 Å². The number of nitrogens with zero attached hydrogens (tertiary/aromatic N) is 4. The molecule has 3 rings (SSSR count). The van der Waals surface area contributed by atoms with Gasteiger partial charge in [0.2, 0.25) is 0 Å². The topological polar surface area (TPSA) is 77.7 Å². The molecule has 0 unspecified atom stereocenters. The van der Waals surface area contributed by atoms with Gasteiger partial charge in [0.05, 0.1) is 18.3 Å². The molecule has 1 aromatic carbocycles. The van der Waals surface area contributed by atoms with Gasteiger partial charge in [0.1, 0.15) is 0 Å². The predicted octanol–water partition coefficient (Wildman–Crippen LogP) is 1.24. The van der Waals surface area contributed by atoms with E-state index in [0.29, 0.717) is 6.54 Å². The number of piperidine rings is 1. The molecule has 0 atom stereocenters. The summed E-state index contributed by atoms with van der Waals surface area (Å²) >= 11 is 0. The Morgan fingerprint density at radius 3 is 2.41 bits per heavy atom. The summed E-state index contributed by atoms with van der Waals surface area (Å²) in [6.07, 6.45) is 3.44. The second-order valence-electron chi connectivity index (χ2n) is 7.05. The zero-order chi connectivity index (χ0) is 19.1. The largest absolute Gasteiger partial charge is 0.393 e. The number of nitrogens with one attached hydrogen (secondary N) is 2. The lowest BCUT2D eigenvalue weighted by molar-refractivity contribution is 0.0792. The Bertz CT molecular complexity index is 731. The number of rotatable bonds is 6. The maximum atomic E-state index is 9.61. The van der Waals surface area contributed by atoms with Crippen LogP contribution in [0.25, 0.3) is 0 Å². The van der Waals surface area contributed by atoms with Gasteiger partial charge in [0.15, 0.2) is 5.96 Å². The van der Waals surface area contributed by atoms with Crippen LogP contribution in [0.15, 0.2) is 41.5 Å². The van der Waals surface area contributed by atoms with Gasteiger partial charge >= 0.3 is 0 Å². The number of hydrogen-bond acceptors (Lipinski definition) is 4. The fraction of sp³-hybridized carbons (Fsp3) is 0.500. The van der Waals surface area contributed by atoms with Gasteiger partial charge in [-0.3, -0.25) is 14.6 Å². The standard InChI is InChI=1S/C20H30N6O/c1-21-20(23-14-18-7-10-24-25(18)2)22-13-16-3-5-17(6-4-16)15-26-11-8-19(27)9-12-26/h3-7,10,19,27H,8-9,11-15H2,1-2H3,(H2,21,22,23). The Labute approximate surface area is 161 Å². The molecule has 3 N–H and O–H groups in total. The molecule has 7 nitrogen and oxygen atoms in total. The summed E-state index contributed by atoms with van der Waals surface area (Å²) in [6.45, 7) is 4.31. The highest BCUT2D eigenvalue weighted by Gasteiger charge is 2.16. The number of aliphatic hydroxyl groups excluding tert-OH is 1. The Balaban J connectivity index is 1.44. The minimum Gasteiger partial charge on any atom is -0.393 e. The summed E-state index contributed by atoms with van der Waals surface area (Å²) in [6, 6.07) is 10.7. The molecule has 7 heteroatoms. The maximum Gasteiger partial charge on any atom is 0.191 e. The zero-order valence-corrected chi connectivity index (χ0v) is 16.2. The monoisotopic (exact) mass is 370 g/mol. The Morgan fingerprint density at radius 2 is 1.78 bits per heavy atom. The number of benzene rings is 1. The number of aromatic nitrogens is 2. The summed E-state index contributed by atoms with van der Waals surface area (Å²) in [4.78, 5) is 6.68. The van der Waals surface area contributed by atoms with E-state index in [4.69, 9.17) is 0 Å². The molecule has 0 spiro atoms. The van der Waals surface area contributed by atoms with Crippen LogP contribution in [0.5, 0.6) is 0 Å². The van der Waals surface area contributed by atoms with Crippen molar-refractivity contribution in [2.24, 2.45) is 12.0 Å². The first-order chi connectivity index (χ1) is 13.1. The number of aliphatic hydroxyl groups is 1. The van der Waals surface area contributed by atoms with Gasteiger partial charge in [0, 0.05) is 46.5 Å². The summed E-state index contributed by atoms with van der Waals surface area (Å²) < 4.78 is 1.85. The smallest absolute Gasteiger partial charge is 0.191 e. The summed E-state index contributed by atoms with van der Waals surface area (Å²) in [5.41, 5.74) is 3.64. The fourth-order valence-corrected chi connectivity index (χ4v) is 3.25. The molecule has 0 saturated carbocycles. The van der Waals surface area contributed by atoms with Gasteiger partial charge in [-0.05, 0) is 30.0 Å². The predicted molar refractivity (Wildman–Crippen MR) is 107 cm³/mol. The molecule has 0 amide bonds. The summed E-state index contributed by atoms with van der Waals surface area (Å²) in [5, 5.41) is 20.4. The van der Waals surface area contributed by atoms with Crippen molar-refractivity contribution in [3.8, 4) is 0 Å². The minimum absolute atomic E-state index is 0.115. The zero-order valence-electron chi connectivity index (χ0n) is 16.2. The van der Waals surface area contributed by atoms with E-state index in [1.807, 2.05) is 17.8 Å². The Kier molecular flexibility index (Phi) is 6.84. The van der Waals surface area contributed by atoms with Crippen LogP contribution in [0.4, 0.5) is 0 Å². The van der Waals surface area contributed by atoms with Gasteiger partial charge in [-0.2, -0.15) is 5.10 Å². The third-order valence-electron chi connectivity index (χ3n) is 5.03. The van der Waals surface area contributed by atoms with E-state index in [2.05, 4.69) is 49.9 Å². The van der Waals surface area contributed by atoms with Gasteiger partial charge in [0.25, 0.3) is 0 Å². The third kappa shape index (κ3) is 5.80. The quantitative estimate of drug-likeness (QED) is 0.527. The molecule has 0 aliphatic carbocycles. The second-order valence-corrected chi connectivity index (χ2v) is 7.05. The van der Waals surface area contributed by atoms with E-state index in [1.165, 1.54) is 11.1 Å². The summed E-state index contributed by atoms with van der Waals surface area (Å²) in [7, 11) is 3.71. The lowest BCUT2D eigenvalue weighted by Crippen LogP contribution is -2.36. The van der Waals surface area contributed by atoms with Crippen LogP contribution >= 0.6 is 0 Å². The molecular formula is C20H30N6O.